The number of hydrogen-bond acceptors (Lipinski definition) is 10. The number of rotatable bonds is 11. The van der Waals surface area contributed by atoms with Crippen LogP contribution in [0.4, 0.5) is 0 Å². The third kappa shape index (κ3) is 10.1. The lowest BCUT2D eigenvalue weighted by atomic mass is 9.95. The molecule has 16 nitrogen and oxygen atoms in total. The molecule has 2 heterocycles. The molecule has 65 heavy (non-hydrogen) atoms. The number of aromatic nitrogens is 1. The molecule has 6 bridgehead atoms. The number of hydrogen-bond donors (Lipinski definition) is 10. The van der Waals surface area contributed by atoms with Crippen molar-refractivity contribution in [2.24, 2.45) is 5.73 Å². The van der Waals surface area contributed by atoms with Crippen molar-refractivity contribution in [2.75, 3.05) is 7.05 Å². The molecule has 0 radical (unpaired) electrons. The van der Waals surface area contributed by atoms with Crippen molar-refractivity contribution in [1.82, 2.24) is 26.3 Å². The standard InChI is InChI=1S/C45H38Cl4N6O10/c1-51-34(44(61)62)9-19-5-7-25(8-6-19)65-26-11-20-10-21(12-26)35(43(60)55-37(45(63)64)23-15-31(48)40(57)32(49)16-23)54-42(59)36(22-13-29(46)39(56)30(47)14-22)53-41(58)33(50)17-24-18-52-38-27(20)3-2-4-28(24)38/h2-8,10-16,18,33-37,51-52,56-57H,9,17,50H2,1H3,(H,53,58)(H,54,59)(H,55,60)(H,61,62)(H,63,64)/t33-,34+,35-,36-,37-/m1/s1. The number of carbonyl (C=O) groups excluding carboxylic acids is 3. The highest BCUT2D eigenvalue weighted by Crippen LogP contribution is 2.39. The van der Waals surface area contributed by atoms with Gasteiger partial charge in [0.1, 0.15) is 29.6 Å². The Labute approximate surface area is 389 Å². The summed E-state index contributed by atoms with van der Waals surface area (Å²) in [5, 5.41) is 50.6. The van der Waals surface area contributed by atoms with E-state index in [2.05, 4.69) is 26.3 Å². The van der Waals surface area contributed by atoms with E-state index in [1.807, 2.05) is 6.07 Å². The predicted molar refractivity (Wildman–Crippen MR) is 243 cm³/mol. The number of nitrogens with two attached hydrogens (primary N) is 1. The van der Waals surface area contributed by atoms with Crippen LogP contribution in [0, 0.1) is 0 Å². The van der Waals surface area contributed by atoms with Crippen molar-refractivity contribution in [3.05, 3.63) is 139 Å². The molecule has 3 amide bonds. The number of carboxylic acid groups (broad SMARTS) is 2. The highest BCUT2D eigenvalue weighted by molar-refractivity contribution is 6.37. The smallest absolute Gasteiger partial charge is 0.330 e. The van der Waals surface area contributed by atoms with E-state index >= 15 is 0 Å². The van der Waals surface area contributed by atoms with Gasteiger partial charge >= 0.3 is 11.9 Å². The van der Waals surface area contributed by atoms with Gasteiger partial charge in [-0.25, -0.2) is 4.79 Å². The van der Waals surface area contributed by atoms with Crippen molar-refractivity contribution in [3.8, 4) is 34.1 Å². The second-order valence-corrected chi connectivity index (χ2v) is 16.7. The van der Waals surface area contributed by atoms with Crippen molar-refractivity contribution in [3.63, 3.8) is 0 Å². The number of aromatic amines is 1. The van der Waals surface area contributed by atoms with Crippen molar-refractivity contribution < 1.29 is 49.1 Å². The number of phenolic OH excluding ortho intramolecular Hbond substituents is 2. The Balaban J connectivity index is 1.41. The molecule has 0 aliphatic carbocycles. The van der Waals surface area contributed by atoms with Crippen LogP contribution in [-0.2, 0) is 36.8 Å². The number of aliphatic carboxylic acids is 2. The molecule has 5 atom stereocenters. The first-order valence-electron chi connectivity index (χ1n) is 19.6. The summed E-state index contributed by atoms with van der Waals surface area (Å²) in [4.78, 5) is 71.1. The number of phenols is 2. The fraction of sp³-hybridized carbons (Fsp3) is 0.178. The van der Waals surface area contributed by atoms with Crippen molar-refractivity contribution in [1.29, 1.82) is 0 Å². The van der Waals surface area contributed by atoms with E-state index in [0.29, 0.717) is 38.9 Å². The van der Waals surface area contributed by atoms with Gasteiger partial charge in [0.25, 0.3) is 0 Å². The first-order chi connectivity index (χ1) is 30.9. The average molecular weight is 965 g/mol. The number of para-hydroxylation sites is 1. The lowest BCUT2D eigenvalue weighted by Crippen LogP contribution is -2.50. The van der Waals surface area contributed by atoms with Gasteiger partial charge < -0.3 is 57.1 Å². The van der Waals surface area contributed by atoms with E-state index in [-0.39, 0.29) is 55.4 Å². The van der Waals surface area contributed by atoms with E-state index in [1.165, 1.54) is 18.2 Å². The number of aromatic hydroxyl groups is 2. The molecule has 6 aromatic rings. The maximum atomic E-state index is 14.8. The van der Waals surface area contributed by atoms with Gasteiger partial charge in [-0.2, -0.15) is 0 Å². The van der Waals surface area contributed by atoms with Gasteiger partial charge in [0.15, 0.2) is 17.5 Å². The fourth-order valence-electron chi connectivity index (χ4n) is 7.43. The van der Waals surface area contributed by atoms with E-state index in [1.54, 1.807) is 61.8 Å². The minimum Gasteiger partial charge on any atom is -0.505 e. The van der Waals surface area contributed by atoms with Crippen LogP contribution in [0.3, 0.4) is 0 Å². The van der Waals surface area contributed by atoms with E-state index < -0.39 is 71.4 Å². The van der Waals surface area contributed by atoms with E-state index in [9.17, 15) is 44.4 Å². The quantitative estimate of drug-likeness (QED) is 0.0650. The van der Waals surface area contributed by atoms with Gasteiger partial charge in [0.05, 0.1) is 31.6 Å². The van der Waals surface area contributed by atoms with Gasteiger partial charge in [-0.3, -0.25) is 19.2 Å². The molecule has 5 aromatic carbocycles. The van der Waals surface area contributed by atoms with Gasteiger partial charge in [-0.1, -0.05) is 76.7 Å². The van der Waals surface area contributed by atoms with Gasteiger partial charge in [0.2, 0.25) is 17.7 Å². The Hall–Kier alpha value is -6.53. The van der Waals surface area contributed by atoms with E-state index in [0.717, 1.165) is 12.1 Å². The van der Waals surface area contributed by atoms with Crippen LogP contribution in [-0.4, -0.2) is 74.2 Å². The normalized spacial score (nSPS) is 17.3. The average Bonchev–Trinajstić information content (AvgIpc) is 3.68. The minimum atomic E-state index is -1.85. The zero-order chi connectivity index (χ0) is 46.9. The summed E-state index contributed by atoms with van der Waals surface area (Å²) in [7, 11) is 1.54. The van der Waals surface area contributed by atoms with Crippen LogP contribution >= 0.6 is 46.4 Å². The third-order valence-corrected chi connectivity index (χ3v) is 11.9. The summed E-state index contributed by atoms with van der Waals surface area (Å²) in [6.07, 6.45) is 1.89. The number of nitrogens with one attached hydrogen (secondary N) is 5. The first kappa shape index (κ1) is 46.5. The SMILES string of the molecule is CN[C@@H](Cc1ccc(Oc2cc3cc(c2)[C@H](C(=O)N[C@@H](C(=O)O)c2cc(Cl)c(O)c(Cl)c2)NC(=O)[C@@H](c2cc(Cl)c(O)c(Cl)c2)NC(=O)[C@H](N)Cc2c[nH]c4c-3cccc24)cc1)C(=O)O. The molecular formula is C45H38Cl4N6O10. The molecular weight excluding hydrogens is 926 g/mol. The van der Waals surface area contributed by atoms with Crippen LogP contribution in [0.1, 0.15) is 45.9 Å². The summed E-state index contributed by atoms with van der Waals surface area (Å²) < 4.78 is 6.37. The number of halogens is 4. The molecule has 0 saturated heterocycles. The second kappa shape index (κ2) is 19.3. The highest BCUT2D eigenvalue weighted by atomic mass is 35.5. The molecule has 1 aliphatic rings. The number of carboxylic acids is 2. The molecule has 11 N–H and O–H groups in total. The summed E-state index contributed by atoms with van der Waals surface area (Å²) in [5.41, 5.74) is 9.43. The largest absolute Gasteiger partial charge is 0.505 e. The monoisotopic (exact) mass is 962 g/mol. The van der Waals surface area contributed by atoms with Crippen molar-refractivity contribution in [2.45, 2.75) is 43.1 Å². The second-order valence-electron chi connectivity index (χ2n) is 15.1. The molecule has 0 unspecified atom stereocenters. The van der Waals surface area contributed by atoms with Crippen LogP contribution < -0.4 is 31.7 Å². The number of H-pyrrole nitrogens is 1. The molecule has 20 heteroatoms. The summed E-state index contributed by atoms with van der Waals surface area (Å²) in [6.45, 7) is 0. The lowest BCUT2D eigenvalue weighted by molar-refractivity contribution is -0.142. The predicted octanol–water partition coefficient (Wildman–Crippen LogP) is 6.71. The number of amides is 3. The Morgan fingerprint density at radius 3 is 2.06 bits per heavy atom. The molecule has 0 spiro atoms. The van der Waals surface area contributed by atoms with Crippen molar-refractivity contribution >= 4 is 87.0 Å². The Morgan fingerprint density at radius 1 is 0.800 bits per heavy atom. The Bertz CT molecular complexity index is 2830. The van der Waals surface area contributed by atoms with Crippen LogP contribution in [0.2, 0.25) is 20.1 Å². The van der Waals surface area contributed by atoms with Crippen LogP contribution in [0.25, 0.3) is 22.0 Å². The molecule has 1 aliphatic heterocycles. The lowest BCUT2D eigenvalue weighted by Gasteiger charge is -2.27. The summed E-state index contributed by atoms with van der Waals surface area (Å²) in [6, 6.07) is 14.1. The molecule has 0 saturated carbocycles. The third-order valence-electron chi connectivity index (χ3n) is 10.8. The topological polar surface area (TPSA) is 265 Å². The minimum absolute atomic E-state index is 0.0134. The van der Waals surface area contributed by atoms with Crippen LogP contribution in [0.15, 0.2) is 91.1 Å². The molecule has 7 rings (SSSR count). The van der Waals surface area contributed by atoms with Gasteiger partial charge in [-0.15, -0.1) is 0 Å². The Morgan fingerprint density at radius 2 is 1.45 bits per heavy atom. The first-order valence-corrected chi connectivity index (χ1v) is 21.1. The van der Waals surface area contributed by atoms with Gasteiger partial charge in [-0.05, 0) is 108 Å². The van der Waals surface area contributed by atoms with E-state index in [4.69, 9.17) is 56.9 Å². The molecule has 1 aromatic heterocycles. The van der Waals surface area contributed by atoms with Gasteiger partial charge in [0, 0.05) is 17.1 Å². The number of ether oxygens (including phenoxy) is 1. The highest BCUT2D eigenvalue weighted by Gasteiger charge is 2.35. The number of fused-ring (bicyclic) bond motifs is 3. The Kier molecular flexibility index (Phi) is 13.8. The summed E-state index contributed by atoms with van der Waals surface area (Å²) in [5.74, 6) is -6.02. The number of carbonyl (C=O) groups is 5. The molecule has 0 fully saturated rings. The molecule has 336 valence electrons. The number of benzene rings is 5. The number of likely N-dealkylation sites (N-methyl/N-ethyl adjacent to an activating group) is 1. The zero-order valence-electron chi connectivity index (χ0n) is 33.8. The maximum Gasteiger partial charge on any atom is 0.330 e. The van der Waals surface area contributed by atoms with Crippen LogP contribution in [0.5, 0.6) is 23.0 Å². The zero-order valence-corrected chi connectivity index (χ0v) is 36.8. The maximum absolute atomic E-state index is 14.8. The fourth-order valence-corrected chi connectivity index (χ4v) is 8.43. The summed E-state index contributed by atoms with van der Waals surface area (Å²) >= 11 is 24.9.